The molecule has 27 heavy (non-hydrogen) atoms. The van der Waals surface area contributed by atoms with E-state index in [-0.39, 0.29) is 29.0 Å². The van der Waals surface area contributed by atoms with Crippen LogP contribution in [0.15, 0.2) is 29.2 Å². The molecule has 0 saturated carbocycles. The molecule has 1 aromatic rings. The van der Waals surface area contributed by atoms with Gasteiger partial charge in [0.2, 0.25) is 15.9 Å². The molecule has 0 radical (unpaired) electrons. The minimum atomic E-state index is -3.66. The van der Waals surface area contributed by atoms with Crippen molar-refractivity contribution in [1.82, 2.24) is 14.9 Å². The van der Waals surface area contributed by atoms with Crippen LogP contribution >= 0.6 is 0 Å². The molecule has 0 aliphatic carbocycles. The molecule has 0 saturated heterocycles. The highest BCUT2D eigenvalue weighted by molar-refractivity contribution is 7.89. The van der Waals surface area contributed by atoms with Gasteiger partial charge in [-0.25, -0.2) is 17.9 Å². The SMILES string of the molecule is CC[C@@H](C)NS(=O)(=O)c1ccc(C(=O)OCC(=O)NCC(=O)N(C)C)cc1. The topological polar surface area (TPSA) is 122 Å². The van der Waals surface area contributed by atoms with Crippen LogP contribution < -0.4 is 10.0 Å². The summed E-state index contributed by atoms with van der Waals surface area (Å²) in [6, 6.07) is 4.98. The van der Waals surface area contributed by atoms with E-state index in [4.69, 9.17) is 4.74 Å². The molecule has 2 N–H and O–H groups in total. The van der Waals surface area contributed by atoms with Gasteiger partial charge in [0.05, 0.1) is 17.0 Å². The molecule has 1 rings (SSSR count). The summed E-state index contributed by atoms with van der Waals surface area (Å²) in [5, 5.41) is 2.33. The van der Waals surface area contributed by atoms with E-state index in [1.54, 1.807) is 21.0 Å². The lowest BCUT2D eigenvalue weighted by Gasteiger charge is -2.12. The van der Waals surface area contributed by atoms with E-state index in [0.717, 1.165) is 0 Å². The molecule has 1 atom stereocenters. The molecular weight excluding hydrogens is 374 g/mol. The van der Waals surface area contributed by atoms with Gasteiger partial charge in [-0.1, -0.05) is 6.92 Å². The van der Waals surface area contributed by atoms with Crippen LogP contribution in [0.1, 0.15) is 30.6 Å². The Hall–Kier alpha value is -2.46. The lowest BCUT2D eigenvalue weighted by Crippen LogP contribution is -2.38. The fourth-order valence-electron chi connectivity index (χ4n) is 1.78. The average molecular weight is 399 g/mol. The Bertz CT molecular complexity index is 774. The summed E-state index contributed by atoms with van der Waals surface area (Å²) < 4.78 is 31.7. The quantitative estimate of drug-likeness (QED) is 0.569. The van der Waals surface area contributed by atoms with E-state index in [9.17, 15) is 22.8 Å². The second kappa shape index (κ2) is 10.0. The highest BCUT2D eigenvalue weighted by Gasteiger charge is 2.18. The van der Waals surface area contributed by atoms with Crippen molar-refractivity contribution in [2.75, 3.05) is 27.2 Å². The summed E-state index contributed by atoms with van der Waals surface area (Å²) in [5.41, 5.74) is 0.106. The van der Waals surface area contributed by atoms with E-state index in [1.165, 1.54) is 29.2 Å². The predicted octanol–water partition coefficient (Wildman–Crippen LogP) is 0.125. The van der Waals surface area contributed by atoms with E-state index < -0.39 is 28.5 Å². The highest BCUT2D eigenvalue weighted by atomic mass is 32.2. The van der Waals surface area contributed by atoms with Gasteiger partial charge in [-0.2, -0.15) is 0 Å². The lowest BCUT2D eigenvalue weighted by molar-refractivity contribution is -0.131. The summed E-state index contributed by atoms with van der Waals surface area (Å²) in [4.78, 5) is 36.2. The Kier molecular flexibility index (Phi) is 8.38. The van der Waals surface area contributed by atoms with Crippen LogP contribution in [-0.2, 0) is 24.3 Å². The monoisotopic (exact) mass is 399 g/mol. The molecule has 1 aromatic carbocycles. The van der Waals surface area contributed by atoms with Gasteiger partial charge >= 0.3 is 5.97 Å². The Labute approximate surface area is 159 Å². The molecule has 0 aromatic heterocycles. The Balaban J connectivity index is 2.59. The number of rotatable bonds is 9. The number of nitrogens with zero attached hydrogens (tertiary/aromatic N) is 1. The van der Waals surface area contributed by atoms with Gasteiger partial charge < -0.3 is 15.0 Å². The van der Waals surface area contributed by atoms with Crippen molar-refractivity contribution in [3.05, 3.63) is 29.8 Å². The van der Waals surface area contributed by atoms with Gasteiger partial charge in [-0.15, -0.1) is 0 Å². The molecule has 0 bridgehead atoms. The molecule has 0 fully saturated rings. The molecule has 9 nitrogen and oxygen atoms in total. The van der Waals surface area contributed by atoms with E-state index >= 15 is 0 Å². The number of nitrogens with one attached hydrogen (secondary N) is 2. The zero-order valence-corrected chi connectivity index (χ0v) is 16.6. The van der Waals surface area contributed by atoms with Gasteiger partial charge in [-0.05, 0) is 37.6 Å². The molecule has 150 valence electrons. The number of ether oxygens (including phenoxy) is 1. The molecule has 0 aliphatic rings. The van der Waals surface area contributed by atoms with E-state index in [2.05, 4.69) is 10.0 Å². The van der Waals surface area contributed by atoms with Crippen LogP contribution in [0.25, 0.3) is 0 Å². The Morgan fingerprint density at radius 2 is 1.74 bits per heavy atom. The third kappa shape index (κ3) is 7.35. The standard InChI is InChI=1S/C17H25N3O6S/c1-5-12(2)19-27(24,25)14-8-6-13(7-9-14)17(23)26-11-15(21)18-10-16(22)20(3)4/h6-9,12,19H,5,10-11H2,1-4H3,(H,18,21)/t12-/m1/s1. The lowest BCUT2D eigenvalue weighted by atomic mass is 10.2. The minimum absolute atomic E-state index is 0.0271. The fraction of sp³-hybridized carbons (Fsp3) is 0.471. The second-order valence-electron chi connectivity index (χ2n) is 6.10. The highest BCUT2D eigenvalue weighted by Crippen LogP contribution is 2.12. The first-order chi connectivity index (χ1) is 12.6. The zero-order valence-electron chi connectivity index (χ0n) is 15.8. The van der Waals surface area contributed by atoms with Crippen LogP contribution in [0.4, 0.5) is 0 Å². The summed E-state index contributed by atoms with van der Waals surface area (Å²) in [6.45, 7) is 2.87. The van der Waals surface area contributed by atoms with Crippen molar-refractivity contribution >= 4 is 27.8 Å². The van der Waals surface area contributed by atoms with E-state index in [0.29, 0.717) is 6.42 Å². The van der Waals surface area contributed by atoms with Gasteiger partial charge in [-0.3, -0.25) is 9.59 Å². The number of likely N-dealkylation sites (N-methyl/N-ethyl adjacent to an activating group) is 1. The smallest absolute Gasteiger partial charge is 0.338 e. The van der Waals surface area contributed by atoms with Crippen molar-refractivity contribution in [3.8, 4) is 0 Å². The van der Waals surface area contributed by atoms with Crippen LogP contribution in [-0.4, -0.2) is 64.4 Å². The fourth-order valence-corrected chi connectivity index (χ4v) is 3.11. The molecule has 10 heteroatoms. The maximum Gasteiger partial charge on any atom is 0.338 e. The molecular formula is C17H25N3O6S. The summed E-state index contributed by atoms with van der Waals surface area (Å²) in [5.74, 6) is -1.68. The van der Waals surface area contributed by atoms with Crippen LogP contribution in [0.3, 0.4) is 0 Å². The third-order valence-electron chi connectivity index (χ3n) is 3.64. The minimum Gasteiger partial charge on any atom is -0.452 e. The third-order valence-corrected chi connectivity index (χ3v) is 5.24. The van der Waals surface area contributed by atoms with Crippen LogP contribution in [0, 0.1) is 0 Å². The maximum atomic E-state index is 12.2. The van der Waals surface area contributed by atoms with Crippen molar-refractivity contribution in [1.29, 1.82) is 0 Å². The molecule has 2 amide bonds. The number of hydrogen-bond donors (Lipinski definition) is 2. The van der Waals surface area contributed by atoms with Crippen LogP contribution in [0.2, 0.25) is 0 Å². The average Bonchev–Trinajstić information content (AvgIpc) is 2.63. The number of carbonyl (C=O) groups is 3. The second-order valence-corrected chi connectivity index (χ2v) is 7.81. The van der Waals surface area contributed by atoms with Gasteiger partial charge in [0.25, 0.3) is 5.91 Å². The first-order valence-electron chi connectivity index (χ1n) is 8.33. The van der Waals surface area contributed by atoms with Crippen molar-refractivity contribution < 1.29 is 27.5 Å². The molecule has 0 aliphatic heterocycles. The number of hydrogen-bond acceptors (Lipinski definition) is 6. The number of amides is 2. The summed E-state index contributed by atoms with van der Waals surface area (Å²) >= 11 is 0. The van der Waals surface area contributed by atoms with Gasteiger partial charge in [0, 0.05) is 20.1 Å². The van der Waals surface area contributed by atoms with E-state index in [1.807, 2.05) is 6.92 Å². The normalized spacial score (nSPS) is 12.1. The first-order valence-corrected chi connectivity index (χ1v) is 9.81. The first kappa shape index (κ1) is 22.6. The summed E-state index contributed by atoms with van der Waals surface area (Å²) in [7, 11) is -0.560. The number of benzene rings is 1. The number of sulfonamides is 1. The summed E-state index contributed by atoms with van der Waals surface area (Å²) in [6.07, 6.45) is 0.645. The maximum absolute atomic E-state index is 12.2. The zero-order chi connectivity index (χ0) is 20.6. The van der Waals surface area contributed by atoms with Crippen molar-refractivity contribution in [3.63, 3.8) is 0 Å². The Morgan fingerprint density at radius 3 is 2.26 bits per heavy atom. The number of carbonyl (C=O) groups excluding carboxylic acids is 3. The molecule has 0 spiro atoms. The van der Waals surface area contributed by atoms with Crippen LogP contribution in [0.5, 0.6) is 0 Å². The molecule has 0 heterocycles. The van der Waals surface area contributed by atoms with Crippen molar-refractivity contribution in [2.45, 2.75) is 31.2 Å². The Morgan fingerprint density at radius 1 is 1.15 bits per heavy atom. The largest absolute Gasteiger partial charge is 0.452 e. The number of esters is 1. The van der Waals surface area contributed by atoms with Gasteiger partial charge in [0.1, 0.15) is 0 Å². The predicted molar refractivity (Wildman–Crippen MR) is 98.5 cm³/mol. The van der Waals surface area contributed by atoms with Gasteiger partial charge in [0.15, 0.2) is 6.61 Å². The molecule has 0 unspecified atom stereocenters. The van der Waals surface area contributed by atoms with Crippen molar-refractivity contribution in [2.24, 2.45) is 0 Å².